The van der Waals surface area contributed by atoms with Gasteiger partial charge in [0.05, 0.1) is 41.2 Å². The smallest absolute Gasteiger partial charge is 0.257 e. The first-order valence-corrected chi connectivity index (χ1v) is 11.1. The number of rotatable bonds is 10. The number of nitrogens with zero attached hydrogens (tertiary/aromatic N) is 1. The van der Waals surface area contributed by atoms with Crippen molar-refractivity contribution in [3.05, 3.63) is 40.8 Å². The van der Waals surface area contributed by atoms with Gasteiger partial charge in [-0.15, -0.1) is 11.3 Å². The van der Waals surface area contributed by atoms with Crippen LogP contribution in [0.2, 0.25) is 0 Å². The van der Waals surface area contributed by atoms with Crippen molar-refractivity contribution >= 4 is 22.4 Å². The topological polar surface area (TPSA) is 88.1 Å². The van der Waals surface area contributed by atoms with Crippen molar-refractivity contribution in [1.29, 1.82) is 0 Å². The van der Waals surface area contributed by atoms with Crippen LogP contribution in [-0.2, 0) is 6.42 Å². The Hall–Kier alpha value is -3.46. The van der Waals surface area contributed by atoms with E-state index in [1.54, 1.807) is 26.4 Å². The number of carbonyl (C=O) groups excluding carboxylic acids is 1. The molecule has 0 spiro atoms. The molecule has 3 rings (SSSR count). The molecule has 0 aliphatic carbocycles. The Morgan fingerprint density at radius 2 is 1.48 bits per heavy atom. The van der Waals surface area contributed by atoms with Gasteiger partial charge in [-0.1, -0.05) is 13.3 Å². The number of nitrogens with one attached hydrogen (secondary N) is 1. The van der Waals surface area contributed by atoms with E-state index in [1.165, 1.54) is 32.7 Å². The zero-order chi connectivity index (χ0) is 24.0. The van der Waals surface area contributed by atoms with Crippen LogP contribution in [0.3, 0.4) is 0 Å². The van der Waals surface area contributed by atoms with Gasteiger partial charge in [0.2, 0.25) is 5.75 Å². The van der Waals surface area contributed by atoms with Crippen LogP contribution in [-0.4, -0.2) is 46.4 Å². The van der Waals surface area contributed by atoms with Gasteiger partial charge >= 0.3 is 0 Å². The number of aryl methyl sites for hydroxylation is 1. The van der Waals surface area contributed by atoms with E-state index in [1.807, 2.05) is 18.2 Å². The lowest BCUT2D eigenvalue weighted by molar-refractivity contribution is 0.102. The third-order valence-electron chi connectivity index (χ3n) is 4.95. The minimum Gasteiger partial charge on any atom is -0.497 e. The molecule has 0 unspecified atom stereocenters. The molecule has 176 valence electrons. The third-order valence-corrected chi connectivity index (χ3v) is 5.98. The Balaban J connectivity index is 1.97. The molecule has 1 amide bonds. The SMILES string of the molecule is CCCc1sc(NC(=O)c2cc(OC)c(OC)c(OC)c2)nc1-c1cc(OC)cc(OC)c1. The highest BCUT2D eigenvalue weighted by atomic mass is 32.1. The maximum atomic E-state index is 13.0. The fourth-order valence-electron chi connectivity index (χ4n) is 3.35. The van der Waals surface area contributed by atoms with Gasteiger partial charge in [-0.2, -0.15) is 0 Å². The van der Waals surface area contributed by atoms with Crippen molar-refractivity contribution in [2.75, 3.05) is 40.9 Å². The first kappa shape index (κ1) is 24.2. The van der Waals surface area contributed by atoms with E-state index in [0.717, 1.165) is 29.0 Å². The highest BCUT2D eigenvalue weighted by Gasteiger charge is 2.20. The highest BCUT2D eigenvalue weighted by molar-refractivity contribution is 7.16. The predicted molar refractivity (Wildman–Crippen MR) is 129 cm³/mol. The van der Waals surface area contributed by atoms with Gasteiger partial charge in [0.15, 0.2) is 16.6 Å². The molecule has 1 N–H and O–H groups in total. The van der Waals surface area contributed by atoms with E-state index in [0.29, 0.717) is 39.4 Å². The van der Waals surface area contributed by atoms with Crippen LogP contribution < -0.4 is 29.0 Å². The second-order valence-electron chi connectivity index (χ2n) is 7.01. The fourth-order valence-corrected chi connectivity index (χ4v) is 4.43. The first-order valence-electron chi connectivity index (χ1n) is 10.3. The van der Waals surface area contributed by atoms with Crippen molar-refractivity contribution in [3.63, 3.8) is 0 Å². The van der Waals surface area contributed by atoms with Crippen LogP contribution in [0, 0.1) is 0 Å². The Morgan fingerprint density at radius 3 is 1.97 bits per heavy atom. The molecule has 1 heterocycles. The predicted octanol–water partition coefficient (Wildman–Crippen LogP) is 5.06. The van der Waals surface area contributed by atoms with Crippen LogP contribution in [0.25, 0.3) is 11.3 Å². The summed E-state index contributed by atoms with van der Waals surface area (Å²) in [6.45, 7) is 2.10. The maximum absolute atomic E-state index is 13.0. The molecule has 0 fully saturated rings. The summed E-state index contributed by atoms with van der Waals surface area (Å²) in [5.74, 6) is 2.23. The molecule has 0 radical (unpaired) electrons. The quantitative estimate of drug-likeness (QED) is 0.441. The summed E-state index contributed by atoms with van der Waals surface area (Å²) in [6, 6.07) is 8.82. The molecule has 0 saturated carbocycles. The lowest BCUT2D eigenvalue weighted by Crippen LogP contribution is -2.12. The number of carbonyl (C=O) groups is 1. The van der Waals surface area contributed by atoms with Crippen molar-refractivity contribution in [3.8, 4) is 40.0 Å². The molecule has 3 aromatic rings. The highest BCUT2D eigenvalue weighted by Crippen LogP contribution is 2.39. The number of amides is 1. The summed E-state index contributed by atoms with van der Waals surface area (Å²) >= 11 is 1.44. The second kappa shape index (κ2) is 10.9. The molecule has 9 heteroatoms. The molecule has 0 aliphatic heterocycles. The van der Waals surface area contributed by atoms with Gasteiger partial charge in [-0.3, -0.25) is 10.1 Å². The number of methoxy groups -OCH3 is 5. The number of hydrogen-bond donors (Lipinski definition) is 1. The monoisotopic (exact) mass is 472 g/mol. The molecular formula is C24H28N2O6S. The van der Waals surface area contributed by atoms with E-state index in [9.17, 15) is 4.79 Å². The Kier molecular flexibility index (Phi) is 8.00. The van der Waals surface area contributed by atoms with Crippen molar-refractivity contribution < 1.29 is 28.5 Å². The first-order chi connectivity index (χ1) is 16.0. The second-order valence-corrected chi connectivity index (χ2v) is 8.09. The van der Waals surface area contributed by atoms with E-state index in [2.05, 4.69) is 12.2 Å². The van der Waals surface area contributed by atoms with Crippen LogP contribution in [0.5, 0.6) is 28.7 Å². The average molecular weight is 473 g/mol. The maximum Gasteiger partial charge on any atom is 0.257 e. The largest absolute Gasteiger partial charge is 0.497 e. The molecule has 0 aliphatic rings. The van der Waals surface area contributed by atoms with Gasteiger partial charge in [-0.05, 0) is 30.7 Å². The lowest BCUT2D eigenvalue weighted by Gasteiger charge is -2.13. The average Bonchev–Trinajstić information content (AvgIpc) is 3.24. The van der Waals surface area contributed by atoms with E-state index in [-0.39, 0.29) is 5.91 Å². The van der Waals surface area contributed by atoms with Crippen LogP contribution >= 0.6 is 11.3 Å². The minimum atomic E-state index is -0.333. The summed E-state index contributed by atoms with van der Waals surface area (Å²) in [5, 5.41) is 3.39. The summed E-state index contributed by atoms with van der Waals surface area (Å²) in [6.07, 6.45) is 1.77. The number of hydrogen-bond acceptors (Lipinski definition) is 8. The van der Waals surface area contributed by atoms with Gasteiger partial charge in [0.1, 0.15) is 11.5 Å². The summed E-state index contributed by atoms with van der Waals surface area (Å²) in [7, 11) is 7.74. The van der Waals surface area contributed by atoms with E-state index >= 15 is 0 Å². The zero-order valence-electron chi connectivity index (χ0n) is 19.6. The Labute approximate surface area is 197 Å². The van der Waals surface area contributed by atoms with Crippen LogP contribution in [0.15, 0.2) is 30.3 Å². The summed E-state index contributed by atoms with van der Waals surface area (Å²) < 4.78 is 26.8. The minimum absolute atomic E-state index is 0.333. The van der Waals surface area contributed by atoms with E-state index in [4.69, 9.17) is 28.7 Å². The Morgan fingerprint density at radius 1 is 0.879 bits per heavy atom. The van der Waals surface area contributed by atoms with Crippen molar-refractivity contribution in [2.24, 2.45) is 0 Å². The van der Waals surface area contributed by atoms with Crippen molar-refractivity contribution in [2.45, 2.75) is 19.8 Å². The third kappa shape index (κ3) is 5.31. The molecule has 33 heavy (non-hydrogen) atoms. The number of thiazole rings is 1. The number of aromatic nitrogens is 1. The normalized spacial score (nSPS) is 10.5. The lowest BCUT2D eigenvalue weighted by atomic mass is 10.1. The van der Waals surface area contributed by atoms with Gasteiger partial charge < -0.3 is 23.7 Å². The number of ether oxygens (including phenoxy) is 5. The summed E-state index contributed by atoms with van der Waals surface area (Å²) in [5.41, 5.74) is 2.01. The molecule has 8 nitrogen and oxygen atoms in total. The summed E-state index contributed by atoms with van der Waals surface area (Å²) in [4.78, 5) is 18.8. The molecule has 2 aromatic carbocycles. The number of benzene rings is 2. The van der Waals surface area contributed by atoms with Crippen LogP contribution in [0.1, 0.15) is 28.6 Å². The molecule has 0 saturated heterocycles. The van der Waals surface area contributed by atoms with Gasteiger partial charge in [0, 0.05) is 22.1 Å². The Bertz CT molecular complexity index is 1080. The van der Waals surface area contributed by atoms with Gasteiger partial charge in [0.25, 0.3) is 5.91 Å². The molecule has 0 atom stereocenters. The van der Waals surface area contributed by atoms with E-state index < -0.39 is 0 Å². The molecule has 1 aromatic heterocycles. The standard InChI is InChI=1S/C24H28N2O6S/c1-7-8-20-21(14-9-16(28-2)13-17(10-14)29-3)25-24(33-20)26-23(27)15-11-18(30-4)22(32-6)19(12-15)31-5/h9-13H,7-8H2,1-6H3,(H,25,26,27). The fraction of sp³-hybridized carbons (Fsp3) is 0.333. The van der Waals surface area contributed by atoms with Gasteiger partial charge in [-0.25, -0.2) is 4.98 Å². The zero-order valence-corrected chi connectivity index (χ0v) is 20.4. The molecular weight excluding hydrogens is 444 g/mol. The molecule has 0 bridgehead atoms. The van der Waals surface area contributed by atoms with Crippen molar-refractivity contribution in [1.82, 2.24) is 4.98 Å². The number of anilines is 1. The van der Waals surface area contributed by atoms with Crippen LogP contribution in [0.4, 0.5) is 5.13 Å².